The van der Waals surface area contributed by atoms with Crippen molar-refractivity contribution in [3.8, 4) is 11.6 Å². The van der Waals surface area contributed by atoms with Gasteiger partial charge in [-0.1, -0.05) is 19.1 Å². The maximum Gasteiger partial charge on any atom is 0.199 e. The smallest absolute Gasteiger partial charge is 0.199 e. The van der Waals surface area contributed by atoms with Crippen molar-refractivity contribution in [3.05, 3.63) is 30.1 Å². The normalized spacial score (nSPS) is 11.5. The van der Waals surface area contributed by atoms with E-state index in [4.69, 9.17) is 5.73 Å². The molecule has 0 aliphatic heterocycles. The molecule has 0 spiro atoms. The zero-order valence-electron chi connectivity index (χ0n) is 12.1. The molecule has 3 heterocycles. The Morgan fingerprint density at radius 2 is 1.91 bits per heavy atom. The van der Waals surface area contributed by atoms with Crippen LogP contribution in [0.3, 0.4) is 0 Å². The number of hydrogen-bond donors (Lipinski definition) is 3. The molecular formula is C15H15N7. The van der Waals surface area contributed by atoms with Crippen molar-refractivity contribution in [3.63, 3.8) is 0 Å². The van der Waals surface area contributed by atoms with E-state index in [-0.39, 0.29) is 0 Å². The molecular weight excluding hydrogens is 278 g/mol. The van der Waals surface area contributed by atoms with Gasteiger partial charge in [0, 0.05) is 6.42 Å². The molecule has 0 radical (unpaired) electrons. The SMILES string of the molecule is CCCc1nc2nc(-c3nc4ccccc4[nH]3)nc(N)c2[nH]1. The molecule has 3 aromatic heterocycles. The number of benzene rings is 1. The highest BCUT2D eigenvalue weighted by molar-refractivity contribution is 5.84. The molecule has 1 aromatic carbocycles. The van der Waals surface area contributed by atoms with E-state index in [2.05, 4.69) is 36.8 Å². The second-order valence-corrected chi connectivity index (χ2v) is 5.17. The second-order valence-electron chi connectivity index (χ2n) is 5.17. The maximum atomic E-state index is 6.03. The first-order valence-corrected chi connectivity index (χ1v) is 7.22. The number of nitrogen functional groups attached to an aromatic ring is 1. The van der Waals surface area contributed by atoms with E-state index in [1.165, 1.54) is 0 Å². The fourth-order valence-electron chi connectivity index (χ4n) is 2.49. The van der Waals surface area contributed by atoms with Gasteiger partial charge in [0.25, 0.3) is 0 Å². The summed E-state index contributed by atoms with van der Waals surface area (Å²) in [6, 6.07) is 7.79. The number of para-hydroxylation sites is 2. The summed E-state index contributed by atoms with van der Waals surface area (Å²) in [4.78, 5) is 24.2. The summed E-state index contributed by atoms with van der Waals surface area (Å²) in [5.41, 5.74) is 9.10. The Balaban J connectivity index is 1.87. The number of anilines is 1. The molecule has 0 aliphatic rings. The Morgan fingerprint density at radius 1 is 1.05 bits per heavy atom. The van der Waals surface area contributed by atoms with Gasteiger partial charge in [-0.15, -0.1) is 0 Å². The third-order valence-corrected chi connectivity index (χ3v) is 3.52. The zero-order chi connectivity index (χ0) is 15.1. The highest BCUT2D eigenvalue weighted by Gasteiger charge is 2.14. The van der Waals surface area contributed by atoms with Crippen LogP contribution < -0.4 is 5.73 Å². The number of rotatable bonds is 3. The van der Waals surface area contributed by atoms with Crippen LogP contribution in [0.25, 0.3) is 33.8 Å². The van der Waals surface area contributed by atoms with Crippen molar-refractivity contribution in [2.24, 2.45) is 0 Å². The summed E-state index contributed by atoms with van der Waals surface area (Å²) in [6.07, 6.45) is 1.86. The van der Waals surface area contributed by atoms with Gasteiger partial charge in [-0.25, -0.2) is 19.9 Å². The van der Waals surface area contributed by atoms with Crippen molar-refractivity contribution in [2.75, 3.05) is 5.73 Å². The Morgan fingerprint density at radius 3 is 2.73 bits per heavy atom. The van der Waals surface area contributed by atoms with Crippen LogP contribution in [0.4, 0.5) is 5.82 Å². The standard InChI is InChI=1S/C15H15N7/c1-2-5-10-19-11-12(16)21-15(22-13(11)20-10)14-17-8-6-3-4-7-9(8)18-14/h3-4,6-7H,2,5H2,1H3,(H,17,18)(H3,16,19,20,21,22). The largest absolute Gasteiger partial charge is 0.382 e. The number of nitrogens with one attached hydrogen (secondary N) is 2. The van der Waals surface area contributed by atoms with Gasteiger partial charge in [0.1, 0.15) is 11.3 Å². The van der Waals surface area contributed by atoms with E-state index in [1.807, 2.05) is 24.3 Å². The van der Waals surface area contributed by atoms with Gasteiger partial charge in [0.15, 0.2) is 23.1 Å². The Bertz CT molecular complexity index is 934. The van der Waals surface area contributed by atoms with Crippen LogP contribution in [0.15, 0.2) is 24.3 Å². The molecule has 0 saturated carbocycles. The Labute approximate surface area is 126 Å². The van der Waals surface area contributed by atoms with Gasteiger partial charge in [-0.2, -0.15) is 0 Å². The van der Waals surface area contributed by atoms with E-state index in [1.54, 1.807) is 0 Å². The van der Waals surface area contributed by atoms with E-state index >= 15 is 0 Å². The maximum absolute atomic E-state index is 6.03. The molecule has 4 rings (SSSR count). The van der Waals surface area contributed by atoms with Crippen molar-refractivity contribution < 1.29 is 0 Å². The first-order chi connectivity index (χ1) is 10.7. The van der Waals surface area contributed by atoms with Crippen molar-refractivity contribution in [1.82, 2.24) is 29.9 Å². The molecule has 4 aromatic rings. The molecule has 0 unspecified atom stereocenters. The number of nitrogens with zero attached hydrogens (tertiary/aromatic N) is 4. The van der Waals surface area contributed by atoms with Crippen molar-refractivity contribution in [2.45, 2.75) is 19.8 Å². The third-order valence-electron chi connectivity index (χ3n) is 3.52. The highest BCUT2D eigenvalue weighted by Crippen LogP contribution is 2.22. The van der Waals surface area contributed by atoms with Gasteiger partial charge in [0.2, 0.25) is 0 Å². The number of aromatic nitrogens is 6. The lowest BCUT2D eigenvalue weighted by molar-refractivity contribution is 0.860. The lowest BCUT2D eigenvalue weighted by Gasteiger charge is -1.98. The zero-order valence-corrected chi connectivity index (χ0v) is 12.1. The van der Waals surface area contributed by atoms with Crippen molar-refractivity contribution in [1.29, 1.82) is 0 Å². The lowest BCUT2D eigenvalue weighted by Crippen LogP contribution is -1.98. The fourth-order valence-corrected chi connectivity index (χ4v) is 2.49. The summed E-state index contributed by atoms with van der Waals surface area (Å²) in [7, 11) is 0. The average molecular weight is 293 g/mol. The van der Waals surface area contributed by atoms with Crippen LogP contribution in [0.1, 0.15) is 19.2 Å². The van der Waals surface area contributed by atoms with E-state index in [0.717, 1.165) is 29.7 Å². The molecule has 0 atom stereocenters. The predicted octanol–water partition coefficient (Wildman–Crippen LogP) is 2.43. The topological polar surface area (TPSA) is 109 Å². The number of H-pyrrole nitrogens is 2. The summed E-state index contributed by atoms with van der Waals surface area (Å²) in [5, 5.41) is 0. The van der Waals surface area contributed by atoms with E-state index in [9.17, 15) is 0 Å². The molecule has 22 heavy (non-hydrogen) atoms. The molecule has 7 nitrogen and oxygen atoms in total. The average Bonchev–Trinajstić information content (AvgIpc) is 3.11. The molecule has 0 amide bonds. The van der Waals surface area contributed by atoms with Gasteiger partial charge >= 0.3 is 0 Å². The lowest BCUT2D eigenvalue weighted by atomic mass is 10.3. The monoisotopic (exact) mass is 293 g/mol. The highest BCUT2D eigenvalue weighted by atomic mass is 15.1. The number of aryl methyl sites for hydroxylation is 1. The van der Waals surface area contributed by atoms with Crippen LogP contribution in [0.2, 0.25) is 0 Å². The van der Waals surface area contributed by atoms with Crippen molar-refractivity contribution >= 4 is 28.0 Å². The molecule has 0 aliphatic carbocycles. The Hall–Kier alpha value is -2.96. The van der Waals surface area contributed by atoms with Crippen LogP contribution in [-0.4, -0.2) is 29.9 Å². The first kappa shape index (κ1) is 12.8. The van der Waals surface area contributed by atoms with E-state index in [0.29, 0.717) is 28.6 Å². The summed E-state index contributed by atoms with van der Waals surface area (Å²) in [6.45, 7) is 2.10. The minimum atomic E-state index is 0.385. The molecule has 110 valence electrons. The minimum absolute atomic E-state index is 0.385. The van der Waals surface area contributed by atoms with Crippen LogP contribution >= 0.6 is 0 Å². The van der Waals surface area contributed by atoms with Gasteiger partial charge < -0.3 is 15.7 Å². The molecule has 0 fully saturated rings. The quantitative estimate of drug-likeness (QED) is 0.537. The Kier molecular flexibility index (Phi) is 2.78. The predicted molar refractivity (Wildman–Crippen MR) is 85.2 cm³/mol. The van der Waals surface area contributed by atoms with Crippen LogP contribution in [-0.2, 0) is 6.42 Å². The molecule has 0 saturated heterocycles. The summed E-state index contributed by atoms with van der Waals surface area (Å²) in [5.74, 6) is 2.31. The number of fused-ring (bicyclic) bond motifs is 2. The van der Waals surface area contributed by atoms with Crippen LogP contribution in [0.5, 0.6) is 0 Å². The summed E-state index contributed by atoms with van der Waals surface area (Å²) < 4.78 is 0. The van der Waals surface area contributed by atoms with Gasteiger partial charge in [0.05, 0.1) is 11.0 Å². The van der Waals surface area contributed by atoms with Gasteiger partial charge in [-0.05, 0) is 18.6 Å². The number of imidazole rings is 2. The summed E-state index contributed by atoms with van der Waals surface area (Å²) >= 11 is 0. The molecule has 0 bridgehead atoms. The second kappa shape index (κ2) is 4.80. The van der Waals surface area contributed by atoms with Crippen LogP contribution in [0, 0.1) is 0 Å². The minimum Gasteiger partial charge on any atom is -0.382 e. The number of aromatic amines is 2. The number of nitrogens with two attached hydrogens (primary N) is 1. The number of hydrogen-bond acceptors (Lipinski definition) is 5. The first-order valence-electron chi connectivity index (χ1n) is 7.22. The fraction of sp³-hybridized carbons (Fsp3) is 0.200. The molecule has 4 N–H and O–H groups in total. The van der Waals surface area contributed by atoms with Gasteiger partial charge in [-0.3, -0.25) is 0 Å². The third kappa shape index (κ3) is 1.98. The molecule has 7 heteroatoms. The van der Waals surface area contributed by atoms with E-state index < -0.39 is 0 Å².